The van der Waals surface area contributed by atoms with Gasteiger partial charge >= 0.3 is 0 Å². The van der Waals surface area contributed by atoms with Gasteiger partial charge in [0.1, 0.15) is 11.2 Å². The number of nitrogens with zero attached hydrogens (tertiary/aromatic N) is 1. The summed E-state index contributed by atoms with van der Waals surface area (Å²) in [5.41, 5.74) is -3.81. The van der Waals surface area contributed by atoms with Gasteiger partial charge in [-0.25, -0.2) is 0 Å². The van der Waals surface area contributed by atoms with Crippen LogP contribution in [0.1, 0.15) is 39.0 Å². The summed E-state index contributed by atoms with van der Waals surface area (Å²) in [4.78, 5) is 2.40. The van der Waals surface area contributed by atoms with Crippen molar-refractivity contribution in [2.75, 3.05) is 34.4 Å². The number of aliphatic hydroxyl groups is 3. The molecule has 30 heavy (non-hydrogen) atoms. The molecule has 6 aliphatic rings. The maximum atomic E-state index is 12.4. The fourth-order valence-electron chi connectivity index (χ4n) is 10.3. The van der Waals surface area contributed by atoms with Gasteiger partial charge in [-0.2, -0.15) is 0 Å². The topological polar surface area (TPSA) is 91.6 Å². The predicted octanol–water partition coefficient (Wildman–Crippen LogP) is 0.399. The Kier molecular flexibility index (Phi) is 4.06. The summed E-state index contributed by atoms with van der Waals surface area (Å²) in [7, 11) is 5.13. The first-order chi connectivity index (χ1) is 14.3. The molecule has 7 nitrogen and oxygen atoms in total. The highest BCUT2D eigenvalue weighted by Gasteiger charge is 2.88. The summed E-state index contributed by atoms with van der Waals surface area (Å²) < 4.78 is 18.0. The minimum atomic E-state index is -1.34. The summed E-state index contributed by atoms with van der Waals surface area (Å²) in [6, 6.07) is 0.0974. The molecule has 0 aromatic carbocycles. The summed E-state index contributed by atoms with van der Waals surface area (Å²) in [5, 5.41) is 36.8. The van der Waals surface area contributed by atoms with Crippen LogP contribution in [0.5, 0.6) is 0 Å². The Hall–Kier alpha value is -0.280. The van der Waals surface area contributed by atoms with Crippen molar-refractivity contribution in [1.82, 2.24) is 4.90 Å². The van der Waals surface area contributed by atoms with E-state index in [0.29, 0.717) is 13.0 Å². The standard InChI is InChI=1S/C23H37NO6/c1-5-24-11-20(25)7-6-17(29-3)22-15(20)9-13(18(22)24)21(26)10-14(28-2)12-8-16(22)23(21,27)19(12)30-4/h12-19,25-27H,5-11H2,1-4H3/t12-,13+,14-,15+,16-,17-,18+,19-,20+,21-,22-,23-/m0/s1. The first-order valence-corrected chi connectivity index (χ1v) is 11.8. The molecule has 1 spiro atoms. The Labute approximate surface area is 178 Å². The number of hydrogen-bond acceptors (Lipinski definition) is 7. The third kappa shape index (κ3) is 1.80. The molecule has 6 fully saturated rings. The Morgan fingerprint density at radius 3 is 2.40 bits per heavy atom. The van der Waals surface area contributed by atoms with Crippen LogP contribution >= 0.6 is 0 Å². The maximum Gasteiger partial charge on any atom is 0.124 e. The predicted molar refractivity (Wildman–Crippen MR) is 108 cm³/mol. The van der Waals surface area contributed by atoms with Crippen LogP contribution in [0.4, 0.5) is 0 Å². The summed E-state index contributed by atoms with van der Waals surface area (Å²) in [6.45, 7) is 3.62. The van der Waals surface area contributed by atoms with Crippen molar-refractivity contribution >= 4 is 0 Å². The van der Waals surface area contributed by atoms with Crippen molar-refractivity contribution in [3.8, 4) is 0 Å². The van der Waals surface area contributed by atoms with Gasteiger partial charge in [0.05, 0.1) is 23.9 Å². The molecular formula is C23H37NO6. The Balaban J connectivity index is 1.63. The molecule has 7 bridgehead atoms. The van der Waals surface area contributed by atoms with E-state index in [0.717, 1.165) is 32.2 Å². The number of β-amino-alcohol motifs (C(OH)–C–C–N with tert-alkyl or cyclic N) is 1. The van der Waals surface area contributed by atoms with E-state index >= 15 is 0 Å². The van der Waals surface area contributed by atoms with Crippen LogP contribution in [-0.2, 0) is 14.2 Å². The Morgan fingerprint density at radius 1 is 1.00 bits per heavy atom. The highest BCUT2D eigenvalue weighted by atomic mass is 16.5. The molecule has 0 unspecified atom stereocenters. The lowest BCUT2D eigenvalue weighted by molar-refractivity contribution is -0.338. The van der Waals surface area contributed by atoms with Gasteiger partial charge in [-0.1, -0.05) is 6.92 Å². The lowest BCUT2D eigenvalue weighted by Crippen LogP contribution is -2.83. The maximum absolute atomic E-state index is 12.4. The Morgan fingerprint density at radius 2 is 1.77 bits per heavy atom. The number of ether oxygens (including phenoxy) is 3. The van der Waals surface area contributed by atoms with E-state index in [2.05, 4.69) is 11.8 Å². The number of fused-ring (bicyclic) bond motifs is 2. The molecule has 0 radical (unpaired) electrons. The molecule has 5 aliphatic carbocycles. The molecule has 0 aromatic heterocycles. The molecule has 1 aliphatic heterocycles. The molecule has 6 rings (SSSR count). The number of likely N-dealkylation sites (N-methyl/N-ethyl adjacent to an activating group) is 1. The second kappa shape index (κ2) is 5.99. The van der Waals surface area contributed by atoms with E-state index in [1.165, 1.54) is 0 Å². The van der Waals surface area contributed by atoms with E-state index in [-0.39, 0.29) is 47.3 Å². The third-order valence-electron chi connectivity index (χ3n) is 10.9. The molecule has 3 N–H and O–H groups in total. The van der Waals surface area contributed by atoms with E-state index in [1.54, 1.807) is 21.3 Å². The number of piperidine rings is 1. The molecule has 0 amide bonds. The molecule has 1 heterocycles. The van der Waals surface area contributed by atoms with Crippen LogP contribution in [0, 0.1) is 29.1 Å². The van der Waals surface area contributed by atoms with Gasteiger partial charge in [0.2, 0.25) is 0 Å². The van der Waals surface area contributed by atoms with Crippen molar-refractivity contribution in [2.45, 2.75) is 80.2 Å². The molecule has 5 saturated carbocycles. The summed E-state index contributed by atoms with van der Waals surface area (Å²) >= 11 is 0. The molecule has 7 heteroatoms. The first-order valence-electron chi connectivity index (χ1n) is 11.8. The molecule has 1 saturated heterocycles. The smallest absolute Gasteiger partial charge is 0.124 e. The third-order valence-corrected chi connectivity index (χ3v) is 10.9. The van der Waals surface area contributed by atoms with Crippen LogP contribution in [0.2, 0.25) is 0 Å². The quantitative estimate of drug-likeness (QED) is 0.603. The number of rotatable bonds is 4. The van der Waals surface area contributed by atoms with E-state index < -0.39 is 22.9 Å². The number of methoxy groups -OCH3 is 3. The van der Waals surface area contributed by atoms with Crippen LogP contribution < -0.4 is 0 Å². The van der Waals surface area contributed by atoms with Gasteiger partial charge in [-0.05, 0) is 38.1 Å². The fourth-order valence-corrected chi connectivity index (χ4v) is 10.3. The monoisotopic (exact) mass is 423 g/mol. The first kappa shape index (κ1) is 20.3. The fraction of sp³-hybridized carbons (Fsp3) is 1.00. The normalized spacial score (nSPS) is 63.3. The molecular weight excluding hydrogens is 386 g/mol. The van der Waals surface area contributed by atoms with Crippen LogP contribution in [-0.4, -0.2) is 95.8 Å². The van der Waals surface area contributed by atoms with E-state index in [9.17, 15) is 15.3 Å². The molecule has 170 valence electrons. The van der Waals surface area contributed by atoms with Gasteiger partial charge in [-0.15, -0.1) is 0 Å². The van der Waals surface area contributed by atoms with Crippen LogP contribution in [0.15, 0.2) is 0 Å². The zero-order valence-electron chi connectivity index (χ0n) is 18.6. The van der Waals surface area contributed by atoms with Crippen LogP contribution in [0.25, 0.3) is 0 Å². The van der Waals surface area contributed by atoms with Crippen molar-refractivity contribution in [3.05, 3.63) is 0 Å². The minimum absolute atomic E-state index is 0.0300. The van der Waals surface area contributed by atoms with Crippen molar-refractivity contribution < 1.29 is 29.5 Å². The highest BCUT2D eigenvalue weighted by Crippen LogP contribution is 2.78. The van der Waals surface area contributed by atoms with Gasteiger partial charge in [0.25, 0.3) is 0 Å². The van der Waals surface area contributed by atoms with Gasteiger partial charge in [-0.3, -0.25) is 4.90 Å². The lowest BCUT2D eigenvalue weighted by atomic mass is 9.44. The van der Waals surface area contributed by atoms with E-state index in [1.807, 2.05) is 0 Å². The van der Waals surface area contributed by atoms with Crippen molar-refractivity contribution in [1.29, 1.82) is 0 Å². The zero-order chi connectivity index (χ0) is 21.3. The number of hydrogen-bond donors (Lipinski definition) is 3. The van der Waals surface area contributed by atoms with Crippen molar-refractivity contribution in [2.24, 2.45) is 29.1 Å². The Bertz CT molecular complexity index is 751. The second-order valence-corrected chi connectivity index (χ2v) is 11.1. The second-order valence-electron chi connectivity index (χ2n) is 11.1. The summed E-state index contributed by atoms with van der Waals surface area (Å²) in [6.07, 6.45) is 2.77. The van der Waals surface area contributed by atoms with Gasteiger partial charge < -0.3 is 29.5 Å². The van der Waals surface area contributed by atoms with Crippen molar-refractivity contribution in [3.63, 3.8) is 0 Å². The number of likely N-dealkylation sites (tertiary alicyclic amines) is 1. The van der Waals surface area contributed by atoms with Gasteiger partial charge in [0, 0.05) is 63.5 Å². The lowest BCUT2D eigenvalue weighted by Gasteiger charge is -2.70. The average molecular weight is 424 g/mol. The SMILES string of the molecule is CCN1C[C@]2(O)CC[C@H](OC)[C@@]34[C@@H]2C[C@H]([C@@H]13)[C@@]1(O)C[C@H](OC)[C@@H]2C[C@@H]4[C@]1(O)[C@H]2OC. The average Bonchev–Trinajstić information content (AvgIpc) is 3.16. The minimum Gasteiger partial charge on any atom is -0.388 e. The van der Waals surface area contributed by atoms with Gasteiger partial charge in [0.15, 0.2) is 0 Å². The zero-order valence-corrected chi connectivity index (χ0v) is 18.6. The largest absolute Gasteiger partial charge is 0.388 e. The summed E-state index contributed by atoms with van der Waals surface area (Å²) in [5.74, 6) is -0.262. The van der Waals surface area contributed by atoms with E-state index in [4.69, 9.17) is 14.2 Å². The highest BCUT2D eigenvalue weighted by molar-refractivity contribution is 5.38. The van der Waals surface area contributed by atoms with Crippen LogP contribution in [0.3, 0.4) is 0 Å². The molecule has 12 atom stereocenters. The molecule has 0 aromatic rings.